The molecule has 0 aromatic carbocycles. The molecule has 0 amide bonds. The maximum Gasteiger partial charge on any atom is 0.0308 e. The highest BCUT2D eigenvalue weighted by atomic mass is 14.9. The molecule has 14 heavy (non-hydrogen) atoms. The summed E-state index contributed by atoms with van der Waals surface area (Å²) in [6.07, 6.45) is 7.00. The molecule has 0 radical (unpaired) electrons. The Bertz CT molecular complexity index is 183. The van der Waals surface area contributed by atoms with Gasteiger partial charge >= 0.3 is 0 Å². The van der Waals surface area contributed by atoms with E-state index in [4.69, 9.17) is 11.5 Å². The molecule has 0 spiro atoms. The molecule has 1 saturated carbocycles. The third kappa shape index (κ3) is 3.25. The fraction of sp³-hybridized carbons (Fsp3) is 1.00. The molecule has 0 saturated heterocycles. The molecule has 1 aliphatic rings. The Morgan fingerprint density at radius 2 is 1.93 bits per heavy atom. The molecular formula is C12H26N2. The molecule has 84 valence electrons. The smallest absolute Gasteiger partial charge is 0.0308 e. The van der Waals surface area contributed by atoms with Crippen molar-refractivity contribution in [1.29, 1.82) is 0 Å². The minimum absolute atomic E-state index is 0.0778. The first-order chi connectivity index (χ1) is 6.33. The zero-order valence-corrected chi connectivity index (χ0v) is 9.97. The number of rotatable bonds is 2. The van der Waals surface area contributed by atoms with Crippen molar-refractivity contribution < 1.29 is 0 Å². The van der Waals surface area contributed by atoms with Crippen LogP contribution in [0, 0.1) is 5.41 Å². The molecule has 1 rings (SSSR count). The highest BCUT2D eigenvalue weighted by Gasteiger charge is 2.35. The van der Waals surface area contributed by atoms with E-state index in [0.717, 1.165) is 19.3 Å². The van der Waals surface area contributed by atoms with Gasteiger partial charge in [-0.15, -0.1) is 0 Å². The first kappa shape index (κ1) is 12.0. The SMILES string of the molecule is CC(C)(C)CCC1(N)CCCCC1N. The predicted octanol–water partition coefficient (Wildman–Crippen LogP) is 2.41. The molecule has 0 aromatic rings. The quantitative estimate of drug-likeness (QED) is 0.716. The number of hydrogen-bond acceptors (Lipinski definition) is 2. The summed E-state index contributed by atoms with van der Waals surface area (Å²) < 4.78 is 0. The first-order valence-corrected chi connectivity index (χ1v) is 5.88. The van der Waals surface area contributed by atoms with E-state index in [1.54, 1.807) is 0 Å². The van der Waals surface area contributed by atoms with Gasteiger partial charge in [0.05, 0.1) is 0 Å². The second-order valence-electron chi connectivity index (χ2n) is 6.15. The summed E-state index contributed by atoms with van der Waals surface area (Å²) in [5.41, 5.74) is 12.8. The van der Waals surface area contributed by atoms with Gasteiger partial charge in [-0.1, -0.05) is 33.6 Å². The van der Waals surface area contributed by atoms with Crippen molar-refractivity contribution in [2.24, 2.45) is 16.9 Å². The standard InChI is InChI=1S/C12H26N2/c1-11(2,3)8-9-12(14)7-5-4-6-10(12)13/h10H,4-9,13-14H2,1-3H3. The van der Waals surface area contributed by atoms with Crippen LogP contribution in [0.15, 0.2) is 0 Å². The zero-order valence-electron chi connectivity index (χ0n) is 9.97. The molecule has 2 atom stereocenters. The van der Waals surface area contributed by atoms with Crippen molar-refractivity contribution in [3.05, 3.63) is 0 Å². The Hall–Kier alpha value is -0.0800. The van der Waals surface area contributed by atoms with Gasteiger partial charge in [-0.05, 0) is 31.1 Å². The summed E-state index contributed by atoms with van der Waals surface area (Å²) in [6, 6.07) is 0.221. The van der Waals surface area contributed by atoms with Crippen LogP contribution in [0.2, 0.25) is 0 Å². The van der Waals surface area contributed by atoms with E-state index in [9.17, 15) is 0 Å². The molecule has 2 nitrogen and oxygen atoms in total. The maximum atomic E-state index is 6.38. The first-order valence-electron chi connectivity index (χ1n) is 5.88. The lowest BCUT2D eigenvalue weighted by atomic mass is 9.73. The van der Waals surface area contributed by atoms with E-state index in [0.29, 0.717) is 5.41 Å². The summed E-state index contributed by atoms with van der Waals surface area (Å²) in [5, 5.41) is 0. The van der Waals surface area contributed by atoms with Crippen molar-refractivity contribution >= 4 is 0 Å². The molecule has 0 bridgehead atoms. The molecule has 1 fully saturated rings. The van der Waals surface area contributed by atoms with E-state index in [1.165, 1.54) is 19.3 Å². The lowest BCUT2D eigenvalue weighted by Crippen LogP contribution is -2.57. The topological polar surface area (TPSA) is 52.0 Å². The van der Waals surface area contributed by atoms with E-state index >= 15 is 0 Å². The van der Waals surface area contributed by atoms with Crippen LogP contribution < -0.4 is 11.5 Å². The molecule has 0 aliphatic heterocycles. The molecule has 2 unspecified atom stereocenters. The normalized spacial score (nSPS) is 34.5. The maximum absolute atomic E-state index is 6.38. The van der Waals surface area contributed by atoms with Gasteiger partial charge in [0.15, 0.2) is 0 Å². The molecule has 2 heteroatoms. The largest absolute Gasteiger partial charge is 0.326 e. The van der Waals surface area contributed by atoms with E-state index < -0.39 is 0 Å². The van der Waals surface area contributed by atoms with E-state index in [2.05, 4.69) is 20.8 Å². The Morgan fingerprint density at radius 3 is 2.43 bits per heavy atom. The van der Waals surface area contributed by atoms with Crippen molar-refractivity contribution in [2.45, 2.75) is 70.9 Å². The van der Waals surface area contributed by atoms with Crippen molar-refractivity contribution in [2.75, 3.05) is 0 Å². The third-order valence-electron chi connectivity index (χ3n) is 3.49. The van der Waals surface area contributed by atoms with Crippen LogP contribution in [0.25, 0.3) is 0 Å². The highest BCUT2D eigenvalue weighted by Crippen LogP contribution is 2.33. The Labute approximate surface area is 88.4 Å². The van der Waals surface area contributed by atoms with Crippen molar-refractivity contribution in [3.63, 3.8) is 0 Å². The van der Waals surface area contributed by atoms with Gasteiger partial charge in [-0.25, -0.2) is 0 Å². The third-order valence-corrected chi connectivity index (χ3v) is 3.49. The molecule has 0 aromatic heterocycles. The lowest BCUT2D eigenvalue weighted by molar-refractivity contribution is 0.204. The van der Waals surface area contributed by atoms with Crippen LogP contribution in [-0.2, 0) is 0 Å². The fourth-order valence-corrected chi connectivity index (χ4v) is 2.21. The summed E-state index contributed by atoms with van der Waals surface area (Å²) in [6.45, 7) is 6.81. The van der Waals surface area contributed by atoms with Crippen LogP contribution in [0.5, 0.6) is 0 Å². The average molecular weight is 198 g/mol. The highest BCUT2D eigenvalue weighted by molar-refractivity contribution is 4.97. The van der Waals surface area contributed by atoms with Gasteiger partial charge in [0, 0.05) is 11.6 Å². The Morgan fingerprint density at radius 1 is 1.29 bits per heavy atom. The summed E-state index contributed by atoms with van der Waals surface area (Å²) in [5.74, 6) is 0. The second kappa shape index (κ2) is 4.19. The van der Waals surface area contributed by atoms with Gasteiger partial charge in [-0.3, -0.25) is 0 Å². The van der Waals surface area contributed by atoms with E-state index in [-0.39, 0.29) is 11.6 Å². The Kier molecular flexibility index (Phi) is 3.59. The average Bonchev–Trinajstić information content (AvgIpc) is 2.06. The van der Waals surface area contributed by atoms with Gasteiger partial charge in [0.25, 0.3) is 0 Å². The molecule has 1 aliphatic carbocycles. The van der Waals surface area contributed by atoms with Gasteiger partial charge in [-0.2, -0.15) is 0 Å². The van der Waals surface area contributed by atoms with Crippen molar-refractivity contribution in [3.8, 4) is 0 Å². The van der Waals surface area contributed by atoms with Gasteiger partial charge in [0.1, 0.15) is 0 Å². The molecular weight excluding hydrogens is 172 g/mol. The van der Waals surface area contributed by atoms with E-state index in [1.807, 2.05) is 0 Å². The van der Waals surface area contributed by atoms with Gasteiger partial charge in [0.2, 0.25) is 0 Å². The Balaban J connectivity index is 2.47. The van der Waals surface area contributed by atoms with Crippen LogP contribution in [0.4, 0.5) is 0 Å². The minimum atomic E-state index is -0.0778. The molecule has 4 N–H and O–H groups in total. The van der Waals surface area contributed by atoms with Crippen LogP contribution >= 0.6 is 0 Å². The lowest BCUT2D eigenvalue weighted by Gasteiger charge is -2.40. The zero-order chi connectivity index (χ0) is 10.8. The summed E-state index contributed by atoms with van der Waals surface area (Å²) >= 11 is 0. The minimum Gasteiger partial charge on any atom is -0.326 e. The summed E-state index contributed by atoms with van der Waals surface area (Å²) in [7, 11) is 0. The summed E-state index contributed by atoms with van der Waals surface area (Å²) in [4.78, 5) is 0. The molecule has 0 heterocycles. The second-order valence-corrected chi connectivity index (χ2v) is 6.15. The number of hydrogen-bond donors (Lipinski definition) is 2. The van der Waals surface area contributed by atoms with Crippen LogP contribution in [0.1, 0.15) is 59.3 Å². The number of nitrogens with two attached hydrogens (primary N) is 2. The van der Waals surface area contributed by atoms with Gasteiger partial charge < -0.3 is 11.5 Å². The monoisotopic (exact) mass is 198 g/mol. The van der Waals surface area contributed by atoms with Crippen LogP contribution in [0.3, 0.4) is 0 Å². The van der Waals surface area contributed by atoms with Crippen molar-refractivity contribution in [1.82, 2.24) is 0 Å². The van der Waals surface area contributed by atoms with Crippen LogP contribution in [-0.4, -0.2) is 11.6 Å². The fourth-order valence-electron chi connectivity index (χ4n) is 2.21. The predicted molar refractivity (Wildman–Crippen MR) is 62.1 cm³/mol.